The fraction of sp³-hybridized carbons (Fsp3) is 0.128. The van der Waals surface area contributed by atoms with Crippen molar-refractivity contribution in [2.24, 2.45) is 0 Å². The van der Waals surface area contributed by atoms with Crippen molar-refractivity contribution in [2.75, 3.05) is 0 Å². The van der Waals surface area contributed by atoms with Gasteiger partial charge in [0, 0.05) is 43.8 Å². The first-order valence-electron chi connectivity index (χ1n) is 37.0. The van der Waals surface area contributed by atoms with Crippen LogP contribution in [0, 0.1) is 83.1 Å². The van der Waals surface area contributed by atoms with Gasteiger partial charge in [0.2, 0.25) is 0 Å². The molecule has 0 atom stereocenters. The summed E-state index contributed by atoms with van der Waals surface area (Å²) >= 11 is 0. The second-order valence-electron chi connectivity index (χ2n) is 28.8. The second kappa shape index (κ2) is 29.0. The number of aromatic carboxylic acids is 2. The van der Waals surface area contributed by atoms with Gasteiger partial charge in [-0.1, -0.05) is 109 Å². The highest BCUT2D eigenvalue weighted by Gasteiger charge is 2.31. The number of aromatic amines is 2. The summed E-state index contributed by atoms with van der Waals surface area (Å²) in [7, 11) is 0. The van der Waals surface area contributed by atoms with Crippen molar-refractivity contribution >= 4 is 56.1 Å². The van der Waals surface area contributed by atoms with Crippen molar-refractivity contribution in [3.8, 4) is 138 Å². The van der Waals surface area contributed by atoms with Crippen LogP contribution in [-0.4, -0.2) is 62.0 Å². The molecule has 0 aliphatic carbocycles. The lowest BCUT2D eigenvalue weighted by Crippen LogP contribution is -1.97. The first kappa shape index (κ1) is 72.2. The number of carboxylic acids is 2. The molecule has 0 saturated heterocycles. The number of carboxylic acid groups (broad SMARTS) is 2. The largest absolute Gasteiger partial charge is 0.478 e. The minimum Gasteiger partial charge on any atom is -0.478 e. The number of aryl methyl sites for hydroxylation is 12. The maximum absolute atomic E-state index is 12.2. The van der Waals surface area contributed by atoms with Crippen molar-refractivity contribution < 1.29 is 57.7 Å². The molecule has 0 amide bonds. The van der Waals surface area contributed by atoms with E-state index in [0.29, 0.717) is 124 Å². The van der Waals surface area contributed by atoms with E-state index in [9.17, 15) is 19.8 Å². The van der Waals surface area contributed by atoms with Gasteiger partial charge in [0.25, 0.3) is 0 Å². The summed E-state index contributed by atoms with van der Waals surface area (Å²) in [5, 5.41) is 22.1. The lowest BCUT2D eigenvalue weighted by Gasteiger charge is -2.18. The van der Waals surface area contributed by atoms with Gasteiger partial charge in [-0.15, -0.1) is 0 Å². The predicted molar refractivity (Wildman–Crippen MR) is 439 cm³/mol. The Kier molecular flexibility index (Phi) is 18.4. The Balaban J connectivity index is 1.01. The number of hydrogen-bond donors (Lipinski definition) is 4. The van der Waals surface area contributed by atoms with Crippen LogP contribution in [0.5, 0.6) is 92.0 Å². The highest BCUT2D eigenvalue weighted by Crippen LogP contribution is 2.52. The van der Waals surface area contributed by atoms with Crippen LogP contribution < -0.4 is 37.9 Å². The fourth-order valence-electron chi connectivity index (χ4n) is 14.5. The molecule has 12 aromatic carbocycles. The zero-order valence-corrected chi connectivity index (χ0v) is 64.3. The third-order valence-electron chi connectivity index (χ3n) is 20.5. The molecule has 15 aromatic rings. The molecule has 20 nitrogen and oxygen atoms in total. The number of ether oxygens (including phenoxy) is 8. The maximum atomic E-state index is 12.2. The highest BCUT2D eigenvalue weighted by atomic mass is 16.5. The van der Waals surface area contributed by atoms with Crippen LogP contribution in [-0.2, 0) is 0 Å². The molecule has 4 N–H and O–H groups in total. The average Bonchev–Trinajstić information content (AvgIpc) is 1.58. The number of benzene rings is 12. The number of nitrogens with one attached hydrogen (secondary N) is 2. The highest BCUT2D eigenvalue weighted by molar-refractivity contribution is 6.08. The molecule has 3 aromatic heterocycles. The molecular weight excluding hydrogens is 1430 g/mol. The number of aromatic nitrogens is 8. The van der Waals surface area contributed by atoms with Gasteiger partial charge < -0.3 is 58.1 Å². The molecule has 114 heavy (non-hydrogen) atoms. The summed E-state index contributed by atoms with van der Waals surface area (Å²) in [6, 6.07) is 62.6. The van der Waals surface area contributed by atoms with Crippen LogP contribution in [0.3, 0.4) is 0 Å². The Bertz CT molecular complexity index is 6210. The zero-order chi connectivity index (χ0) is 79.1. The third kappa shape index (κ3) is 13.6. The normalized spacial score (nSPS) is 11.5. The molecule has 5 heterocycles. The summed E-state index contributed by atoms with van der Waals surface area (Å²) in [4.78, 5) is 65.0. The van der Waals surface area contributed by atoms with Crippen LogP contribution >= 0.6 is 0 Å². The number of para-hydroxylation sites is 6. The number of carbonyl (C=O) groups is 2. The van der Waals surface area contributed by atoms with E-state index < -0.39 is 11.9 Å². The van der Waals surface area contributed by atoms with Gasteiger partial charge in [-0.2, -0.15) is 0 Å². The molecule has 17 rings (SSSR count). The number of nitrogens with zero attached hydrogens (tertiary/aromatic N) is 6. The Morgan fingerprint density at radius 1 is 0.246 bits per heavy atom. The van der Waals surface area contributed by atoms with Gasteiger partial charge in [-0.05, 0) is 247 Å². The van der Waals surface area contributed by atoms with Crippen LogP contribution in [0.2, 0.25) is 0 Å². The minimum atomic E-state index is -1.12. The van der Waals surface area contributed by atoms with Crippen LogP contribution in [0.15, 0.2) is 206 Å². The quantitative estimate of drug-likeness (QED) is 0.0622. The van der Waals surface area contributed by atoms with Gasteiger partial charge in [0.05, 0.1) is 11.1 Å². The van der Waals surface area contributed by atoms with Crippen molar-refractivity contribution in [3.05, 3.63) is 284 Å². The molecule has 2 aliphatic rings. The van der Waals surface area contributed by atoms with Gasteiger partial charge in [0.1, 0.15) is 68.6 Å². The fourth-order valence-corrected chi connectivity index (χ4v) is 14.5. The second-order valence-corrected chi connectivity index (χ2v) is 28.8. The summed E-state index contributed by atoms with van der Waals surface area (Å²) in [5.74, 6) is 5.31. The van der Waals surface area contributed by atoms with Gasteiger partial charge >= 0.3 is 11.9 Å². The standard InChI is InChI=1S/C94H74N8O12/c1-47-19-13-20-48(2)79(47)109-73-41-65-67(43-75(73)111-81-51(5)23-15-24-52(81)6)89-98-87(65)96-85-63-39-71(107-61-35-31-59(32-36-61)93(103)104)72(108-62-37-33-60(34-38-62)94(105)106)40-64(63)86(95-85)97-88-66-42-74(110-80-49(3)21-14-22-50(80)4)76(112-82-53(7)25-16-26-54(82)8)44-68(66)90(99-88)101-92-70-46-78(114-84-57(11)29-18-30-58(84)12)77(45-69(70)91(100-89)102-92)113-83-55(9)27-17-28-56(83)10/h13-46H,1-12H3,(H,103,104)(H,105,106)(H2,95,96,97,98,99,100,101,102). The first-order chi connectivity index (χ1) is 55.0. The monoisotopic (exact) mass is 1510 g/mol. The number of rotatable bonds is 18. The SMILES string of the molecule is Cc1cccc(C)c1Oc1cc2c(cc1Oc1c(C)cccc1C)-c1nc-2nc2[nH]c(nc3nc(nc4[nH]c(n1)c1cc(Oc5c(C)cccc5C)c(Oc5c(C)cccc5C)cc41)-c1cc(Oc4ccc(C(=O)O)cc4)c(Oc4ccc(C(=O)O)cc4)cc1-3)c1cc(Oc3c(C)cccc3C)c(Oc3c(C)cccc3C)cc21. The molecule has 0 unspecified atom stereocenters. The lowest BCUT2D eigenvalue weighted by atomic mass is 10.1. The van der Waals surface area contributed by atoms with E-state index >= 15 is 0 Å². The first-order valence-corrected chi connectivity index (χ1v) is 37.0. The van der Waals surface area contributed by atoms with Crippen LogP contribution in [0.25, 0.3) is 89.7 Å². The molecule has 0 saturated carbocycles. The number of hydrogen-bond acceptors (Lipinski definition) is 16. The van der Waals surface area contributed by atoms with Gasteiger partial charge in [-0.25, -0.2) is 39.5 Å². The molecule has 0 spiro atoms. The Labute approximate surface area is 654 Å². The summed E-state index contributed by atoms with van der Waals surface area (Å²) in [6.45, 7) is 24.0. The van der Waals surface area contributed by atoms with Crippen molar-refractivity contribution in [3.63, 3.8) is 0 Å². The Morgan fingerprint density at radius 2 is 0.430 bits per heavy atom. The van der Waals surface area contributed by atoms with Gasteiger partial charge in [-0.3, -0.25) is 0 Å². The summed E-state index contributed by atoms with van der Waals surface area (Å²) in [6.07, 6.45) is 0. The van der Waals surface area contributed by atoms with Crippen LogP contribution in [0.4, 0.5) is 0 Å². The van der Waals surface area contributed by atoms with E-state index in [-0.39, 0.29) is 68.7 Å². The Hall–Kier alpha value is -14.7. The minimum absolute atomic E-state index is 0.0378. The van der Waals surface area contributed by atoms with E-state index in [1.165, 1.54) is 48.5 Å². The molecule has 8 bridgehead atoms. The van der Waals surface area contributed by atoms with E-state index in [0.717, 1.165) is 66.8 Å². The third-order valence-corrected chi connectivity index (χ3v) is 20.5. The summed E-state index contributed by atoms with van der Waals surface area (Å²) in [5.41, 5.74) is 13.9. The maximum Gasteiger partial charge on any atom is 0.335 e. The van der Waals surface area contributed by atoms with E-state index in [1.807, 2.05) is 229 Å². The van der Waals surface area contributed by atoms with Crippen molar-refractivity contribution in [1.29, 1.82) is 0 Å². The molecular formula is C94H74N8O12. The number of H-pyrrole nitrogens is 2. The molecule has 562 valence electrons. The lowest BCUT2D eigenvalue weighted by molar-refractivity contribution is 0.0686. The number of fused-ring (bicyclic) bond motifs is 20. The van der Waals surface area contributed by atoms with E-state index in [4.69, 9.17) is 67.8 Å². The van der Waals surface area contributed by atoms with Crippen molar-refractivity contribution in [1.82, 2.24) is 39.9 Å². The van der Waals surface area contributed by atoms with E-state index in [2.05, 4.69) is 9.97 Å². The molecule has 2 aliphatic heterocycles. The van der Waals surface area contributed by atoms with Gasteiger partial charge in [0.15, 0.2) is 69.3 Å². The Morgan fingerprint density at radius 3 is 0.623 bits per heavy atom. The van der Waals surface area contributed by atoms with E-state index in [1.54, 1.807) is 12.1 Å². The molecule has 0 radical (unpaired) electrons. The predicted octanol–water partition coefficient (Wildman–Crippen LogP) is 24.3. The summed E-state index contributed by atoms with van der Waals surface area (Å²) < 4.78 is 56.2. The van der Waals surface area contributed by atoms with Crippen molar-refractivity contribution in [2.45, 2.75) is 83.1 Å². The molecule has 20 heteroatoms. The topological polar surface area (TPSA) is 257 Å². The van der Waals surface area contributed by atoms with Crippen LogP contribution in [0.1, 0.15) is 87.5 Å². The molecule has 0 fully saturated rings. The smallest absolute Gasteiger partial charge is 0.335 e. The zero-order valence-electron chi connectivity index (χ0n) is 64.3. The average molecular weight is 1510 g/mol.